The molecule has 0 spiro atoms. The van der Waals surface area contributed by atoms with E-state index in [1.165, 1.54) is 19.1 Å². The molecule has 2 rings (SSSR count). The van der Waals surface area contributed by atoms with Gasteiger partial charge in [-0.25, -0.2) is 9.18 Å². The van der Waals surface area contributed by atoms with Crippen LogP contribution in [-0.4, -0.2) is 36.0 Å². The van der Waals surface area contributed by atoms with Crippen molar-refractivity contribution >= 4 is 27.8 Å². The van der Waals surface area contributed by atoms with Gasteiger partial charge in [0, 0.05) is 17.6 Å². The molecule has 0 N–H and O–H groups in total. The molecule has 0 radical (unpaired) electrons. The van der Waals surface area contributed by atoms with Gasteiger partial charge in [-0.15, -0.1) is 0 Å². The fourth-order valence-corrected chi connectivity index (χ4v) is 2.53. The van der Waals surface area contributed by atoms with Gasteiger partial charge < -0.3 is 9.64 Å². The number of amides is 1. The molecule has 0 bridgehead atoms. The van der Waals surface area contributed by atoms with Gasteiger partial charge in [0.1, 0.15) is 5.82 Å². The maximum atomic E-state index is 13.1. The smallest absolute Gasteiger partial charge is 0.340 e. The molecule has 0 aliphatic carbocycles. The quantitative estimate of drug-likeness (QED) is 0.793. The van der Waals surface area contributed by atoms with E-state index in [2.05, 4.69) is 15.9 Å². The number of nitrogens with zero attached hydrogens (tertiary/aromatic N) is 1. The summed E-state index contributed by atoms with van der Waals surface area (Å²) in [5, 5.41) is 0. The lowest BCUT2D eigenvalue weighted by molar-refractivity contribution is -0.138. The summed E-state index contributed by atoms with van der Waals surface area (Å²) in [6.45, 7) is 2.93. The average molecular weight is 344 g/mol. The van der Waals surface area contributed by atoms with Crippen LogP contribution in [0.2, 0.25) is 0 Å². The van der Waals surface area contributed by atoms with Crippen molar-refractivity contribution in [3.8, 4) is 0 Å². The van der Waals surface area contributed by atoms with Crippen LogP contribution in [0, 0.1) is 5.82 Å². The Labute approximate surface area is 125 Å². The zero-order chi connectivity index (χ0) is 14.7. The molecular formula is C14H15BrFNO3. The fraction of sp³-hybridized carbons (Fsp3) is 0.429. The Bertz CT molecular complexity index is 529. The first-order chi connectivity index (χ1) is 9.49. The summed E-state index contributed by atoms with van der Waals surface area (Å²) < 4.78 is 18.7. The van der Waals surface area contributed by atoms with Crippen LogP contribution in [0.25, 0.3) is 0 Å². The van der Waals surface area contributed by atoms with Crippen LogP contribution in [0.1, 0.15) is 30.1 Å². The second kappa shape index (κ2) is 6.35. The Morgan fingerprint density at radius 3 is 2.65 bits per heavy atom. The number of esters is 1. The molecule has 108 valence electrons. The SMILES string of the molecule is CC(OC(=O)c1cc(F)ccc1Br)C(=O)N1CCCC1. The van der Waals surface area contributed by atoms with E-state index in [1.807, 2.05) is 0 Å². The number of ether oxygens (including phenoxy) is 1. The van der Waals surface area contributed by atoms with Crippen LogP contribution in [0.3, 0.4) is 0 Å². The molecule has 6 heteroatoms. The predicted molar refractivity (Wildman–Crippen MR) is 74.8 cm³/mol. The van der Waals surface area contributed by atoms with Gasteiger partial charge in [0.25, 0.3) is 5.91 Å². The summed E-state index contributed by atoms with van der Waals surface area (Å²) >= 11 is 3.16. The number of benzene rings is 1. The van der Waals surface area contributed by atoms with Crippen LogP contribution in [0.4, 0.5) is 4.39 Å². The average Bonchev–Trinajstić information content (AvgIpc) is 2.94. The zero-order valence-electron chi connectivity index (χ0n) is 11.1. The largest absolute Gasteiger partial charge is 0.449 e. The van der Waals surface area contributed by atoms with Crippen molar-refractivity contribution in [3.05, 3.63) is 34.1 Å². The standard InChI is InChI=1S/C14H15BrFNO3/c1-9(13(18)17-6-2-3-7-17)20-14(19)11-8-10(16)4-5-12(11)15/h4-5,8-9H,2-3,6-7H2,1H3. The molecule has 0 saturated carbocycles. The summed E-state index contributed by atoms with van der Waals surface area (Å²) in [5.74, 6) is -1.45. The van der Waals surface area contributed by atoms with E-state index in [9.17, 15) is 14.0 Å². The van der Waals surface area contributed by atoms with E-state index in [0.29, 0.717) is 17.6 Å². The number of rotatable bonds is 3. The normalized spacial score (nSPS) is 16.1. The minimum atomic E-state index is -0.865. The highest BCUT2D eigenvalue weighted by Gasteiger charge is 2.26. The minimum absolute atomic E-state index is 0.0751. The Hall–Kier alpha value is -1.43. The summed E-state index contributed by atoms with van der Waals surface area (Å²) in [6, 6.07) is 3.75. The van der Waals surface area contributed by atoms with Crippen LogP contribution >= 0.6 is 15.9 Å². The molecule has 1 atom stereocenters. The topological polar surface area (TPSA) is 46.6 Å². The Balaban J connectivity index is 2.03. The van der Waals surface area contributed by atoms with E-state index in [4.69, 9.17) is 4.74 Å². The number of likely N-dealkylation sites (tertiary alicyclic amines) is 1. The Morgan fingerprint density at radius 1 is 1.35 bits per heavy atom. The summed E-state index contributed by atoms with van der Waals surface area (Å²) in [5.41, 5.74) is 0.0751. The van der Waals surface area contributed by atoms with Crippen molar-refractivity contribution in [2.75, 3.05) is 13.1 Å². The monoisotopic (exact) mass is 343 g/mol. The van der Waals surface area contributed by atoms with Gasteiger partial charge in [0.05, 0.1) is 5.56 Å². The van der Waals surface area contributed by atoms with E-state index < -0.39 is 17.9 Å². The first-order valence-corrected chi connectivity index (χ1v) is 7.23. The molecule has 20 heavy (non-hydrogen) atoms. The molecule has 1 unspecified atom stereocenters. The van der Waals surface area contributed by atoms with E-state index in [0.717, 1.165) is 18.9 Å². The first kappa shape index (κ1) is 15.0. The van der Waals surface area contributed by atoms with Crippen molar-refractivity contribution in [2.45, 2.75) is 25.9 Å². The summed E-state index contributed by atoms with van der Waals surface area (Å²) in [6.07, 6.45) is 1.08. The van der Waals surface area contributed by atoms with Gasteiger partial charge >= 0.3 is 5.97 Å². The molecule has 0 aromatic heterocycles. The zero-order valence-corrected chi connectivity index (χ0v) is 12.7. The van der Waals surface area contributed by atoms with Crippen molar-refractivity contribution in [2.24, 2.45) is 0 Å². The molecule has 1 heterocycles. The molecular weight excluding hydrogens is 329 g/mol. The highest BCUT2D eigenvalue weighted by molar-refractivity contribution is 9.10. The number of hydrogen-bond acceptors (Lipinski definition) is 3. The van der Waals surface area contributed by atoms with Crippen LogP contribution < -0.4 is 0 Å². The fourth-order valence-electron chi connectivity index (χ4n) is 2.12. The van der Waals surface area contributed by atoms with E-state index in [-0.39, 0.29) is 11.5 Å². The minimum Gasteiger partial charge on any atom is -0.449 e. The molecule has 4 nitrogen and oxygen atoms in total. The summed E-state index contributed by atoms with van der Waals surface area (Å²) in [4.78, 5) is 25.7. The van der Waals surface area contributed by atoms with Gasteiger partial charge in [-0.2, -0.15) is 0 Å². The second-order valence-electron chi connectivity index (χ2n) is 4.70. The van der Waals surface area contributed by atoms with Crippen molar-refractivity contribution in [1.82, 2.24) is 4.90 Å². The van der Waals surface area contributed by atoms with Crippen molar-refractivity contribution in [1.29, 1.82) is 0 Å². The molecule has 1 aromatic carbocycles. The molecule has 1 amide bonds. The number of hydrogen-bond donors (Lipinski definition) is 0. The third kappa shape index (κ3) is 3.36. The molecule has 1 aromatic rings. The third-order valence-corrected chi connectivity index (χ3v) is 3.89. The summed E-state index contributed by atoms with van der Waals surface area (Å²) in [7, 11) is 0. The molecule has 1 saturated heterocycles. The number of halogens is 2. The molecule has 1 aliphatic heterocycles. The number of carbonyl (C=O) groups is 2. The second-order valence-corrected chi connectivity index (χ2v) is 5.56. The molecule has 1 aliphatic rings. The molecule has 1 fully saturated rings. The van der Waals surface area contributed by atoms with E-state index >= 15 is 0 Å². The van der Waals surface area contributed by atoms with Crippen LogP contribution in [-0.2, 0) is 9.53 Å². The maximum Gasteiger partial charge on any atom is 0.340 e. The highest BCUT2D eigenvalue weighted by Crippen LogP contribution is 2.20. The third-order valence-electron chi connectivity index (χ3n) is 3.20. The van der Waals surface area contributed by atoms with Gasteiger partial charge in [0.2, 0.25) is 0 Å². The Kier molecular flexibility index (Phi) is 4.75. The number of carbonyl (C=O) groups excluding carboxylic acids is 2. The van der Waals surface area contributed by atoms with Crippen molar-refractivity contribution < 1.29 is 18.7 Å². The van der Waals surface area contributed by atoms with Crippen molar-refractivity contribution in [3.63, 3.8) is 0 Å². The maximum absolute atomic E-state index is 13.1. The predicted octanol–water partition coefficient (Wildman–Crippen LogP) is 2.76. The van der Waals surface area contributed by atoms with Crippen LogP contribution in [0.15, 0.2) is 22.7 Å². The lowest BCUT2D eigenvalue weighted by atomic mass is 10.2. The lowest BCUT2D eigenvalue weighted by Crippen LogP contribution is -2.38. The van der Waals surface area contributed by atoms with Gasteiger partial charge in [-0.1, -0.05) is 0 Å². The first-order valence-electron chi connectivity index (χ1n) is 6.44. The van der Waals surface area contributed by atoms with Gasteiger partial charge in [-0.3, -0.25) is 4.79 Å². The lowest BCUT2D eigenvalue weighted by Gasteiger charge is -2.20. The van der Waals surface area contributed by atoms with Gasteiger partial charge in [0.15, 0.2) is 6.10 Å². The van der Waals surface area contributed by atoms with E-state index in [1.54, 1.807) is 4.90 Å². The van der Waals surface area contributed by atoms with Crippen LogP contribution in [0.5, 0.6) is 0 Å². The van der Waals surface area contributed by atoms with Gasteiger partial charge in [-0.05, 0) is 53.9 Å². The Morgan fingerprint density at radius 2 is 2.00 bits per heavy atom. The highest BCUT2D eigenvalue weighted by atomic mass is 79.9.